The van der Waals surface area contributed by atoms with Gasteiger partial charge in [-0.3, -0.25) is 0 Å². The van der Waals surface area contributed by atoms with Gasteiger partial charge in [0.2, 0.25) is 0 Å². The summed E-state index contributed by atoms with van der Waals surface area (Å²) in [6.07, 6.45) is 0. The second-order valence-corrected chi connectivity index (χ2v) is 4.28. The lowest BCUT2D eigenvalue weighted by Gasteiger charge is -2.29. The summed E-state index contributed by atoms with van der Waals surface area (Å²) in [5, 5.41) is -0.0619. The van der Waals surface area contributed by atoms with Gasteiger partial charge in [-0.05, 0) is 31.5 Å². The lowest BCUT2D eigenvalue weighted by molar-refractivity contribution is 0.0210. The molecule has 0 saturated heterocycles. The zero-order valence-corrected chi connectivity index (χ0v) is 9.51. The van der Waals surface area contributed by atoms with Gasteiger partial charge < -0.3 is 4.74 Å². The van der Waals surface area contributed by atoms with E-state index < -0.39 is 0 Å². The standard InChI is InChI=1S/C11H15FOS/c1-11(2,13-3)10(14)8-4-6-9(12)7-5-8/h4-7,10,14H,1-3H3. The molecule has 0 fully saturated rings. The molecule has 0 amide bonds. The fraction of sp³-hybridized carbons (Fsp3) is 0.455. The maximum Gasteiger partial charge on any atom is 0.123 e. The molecule has 0 N–H and O–H groups in total. The van der Waals surface area contributed by atoms with E-state index in [2.05, 4.69) is 12.6 Å². The van der Waals surface area contributed by atoms with E-state index in [9.17, 15) is 4.39 Å². The third-order valence-electron chi connectivity index (χ3n) is 2.37. The molecule has 0 radical (unpaired) electrons. The largest absolute Gasteiger partial charge is 0.377 e. The molecule has 0 spiro atoms. The summed E-state index contributed by atoms with van der Waals surface area (Å²) in [6.45, 7) is 3.90. The smallest absolute Gasteiger partial charge is 0.123 e. The zero-order valence-electron chi connectivity index (χ0n) is 8.62. The van der Waals surface area contributed by atoms with Crippen molar-refractivity contribution in [2.24, 2.45) is 0 Å². The Labute approximate surface area is 89.7 Å². The first-order valence-corrected chi connectivity index (χ1v) is 4.97. The highest BCUT2D eigenvalue weighted by Gasteiger charge is 2.27. The molecular formula is C11H15FOS. The van der Waals surface area contributed by atoms with Crippen molar-refractivity contribution in [3.8, 4) is 0 Å². The predicted molar refractivity (Wildman–Crippen MR) is 59.2 cm³/mol. The highest BCUT2D eigenvalue weighted by molar-refractivity contribution is 7.80. The van der Waals surface area contributed by atoms with Crippen LogP contribution in [0.5, 0.6) is 0 Å². The van der Waals surface area contributed by atoms with Crippen molar-refractivity contribution >= 4 is 12.6 Å². The first-order valence-electron chi connectivity index (χ1n) is 4.46. The lowest BCUT2D eigenvalue weighted by atomic mass is 9.97. The molecule has 14 heavy (non-hydrogen) atoms. The second kappa shape index (κ2) is 4.32. The van der Waals surface area contributed by atoms with Crippen LogP contribution in [-0.2, 0) is 4.74 Å². The van der Waals surface area contributed by atoms with E-state index in [1.54, 1.807) is 19.2 Å². The van der Waals surface area contributed by atoms with Gasteiger partial charge in [0.15, 0.2) is 0 Å². The third kappa shape index (κ3) is 2.49. The number of hydrogen-bond donors (Lipinski definition) is 1. The van der Waals surface area contributed by atoms with E-state index in [0.29, 0.717) is 0 Å². The van der Waals surface area contributed by atoms with Crippen LogP contribution in [0.2, 0.25) is 0 Å². The van der Waals surface area contributed by atoms with E-state index in [1.165, 1.54) is 12.1 Å². The average Bonchev–Trinajstić information content (AvgIpc) is 2.18. The van der Waals surface area contributed by atoms with Gasteiger partial charge in [0.1, 0.15) is 5.82 Å². The van der Waals surface area contributed by atoms with Crippen molar-refractivity contribution in [3.63, 3.8) is 0 Å². The van der Waals surface area contributed by atoms with Crippen molar-refractivity contribution < 1.29 is 9.13 Å². The van der Waals surface area contributed by atoms with Gasteiger partial charge in [-0.15, -0.1) is 0 Å². The Kier molecular flexibility index (Phi) is 3.56. The molecule has 1 atom stereocenters. The maximum atomic E-state index is 12.7. The SMILES string of the molecule is COC(C)(C)C(S)c1ccc(F)cc1. The van der Waals surface area contributed by atoms with Crippen LogP contribution < -0.4 is 0 Å². The van der Waals surface area contributed by atoms with E-state index in [4.69, 9.17) is 4.74 Å². The van der Waals surface area contributed by atoms with Gasteiger partial charge in [-0.2, -0.15) is 12.6 Å². The minimum atomic E-state index is -0.360. The van der Waals surface area contributed by atoms with Crippen LogP contribution in [0.1, 0.15) is 24.7 Å². The molecular weight excluding hydrogens is 199 g/mol. The molecule has 1 nitrogen and oxygen atoms in total. The van der Waals surface area contributed by atoms with Crippen LogP contribution in [0, 0.1) is 5.82 Å². The van der Waals surface area contributed by atoms with E-state index in [-0.39, 0.29) is 16.7 Å². The monoisotopic (exact) mass is 214 g/mol. The van der Waals surface area contributed by atoms with Crippen LogP contribution in [0.3, 0.4) is 0 Å². The summed E-state index contributed by atoms with van der Waals surface area (Å²) in [7, 11) is 1.65. The number of benzene rings is 1. The Bertz CT molecular complexity index is 295. The molecule has 1 aromatic carbocycles. The van der Waals surface area contributed by atoms with Gasteiger partial charge in [0, 0.05) is 7.11 Å². The Morgan fingerprint density at radius 3 is 2.21 bits per heavy atom. The molecule has 1 aromatic rings. The highest BCUT2D eigenvalue weighted by Crippen LogP contribution is 2.33. The minimum absolute atomic E-state index is 0.0619. The number of ether oxygens (including phenoxy) is 1. The van der Waals surface area contributed by atoms with Gasteiger partial charge in [0.25, 0.3) is 0 Å². The Hall–Kier alpha value is -0.540. The number of thiol groups is 1. The molecule has 78 valence electrons. The molecule has 3 heteroatoms. The van der Waals surface area contributed by atoms with Gasteiger partial charge in [-0.25, -0.2) is 4.39 Å². The van der Waals surface area contributed by atoms with Crippen molar-refractivity contribution in [2.75, 3.05) is 7.11 Å². The van der Waals surface area contributed by atoms with Gasteiger partial charge in [-0.1, -0.05) is 12.1 Å². The summed E-state index contributed by atoms with van der Waals surface area (Å²) in [5.41, 5.74) is 0.600. The summed E-state index contributed by atoms with van der Waals surface area (Å²) < 4.78 is 18.0. The molecule has 0 aromatic heterocycles. The minimum Gasteiger partial charge on any atom is -0.377 e. The van der Waals surface area contributed by atoms with Crippen LogP contribution >= 0.6 is 12.6 Å². The molecule has 1 rings (SSSR count). The van der Waals surface area contributed by atoms with Crippen LogP contribution in [0.15, 0.2) is 24.3 Å². The second-order valence-electron chi connectivity index (χ2n) is 3.76. The van der Waals surface area contributed by atoms with Crippen LogP contribution in [0.25, 0.3) is 0 Å². The fourth-order valence-corrected chi connectivity index (χ4v) is 1.44. The Morgan fingerprint density at radius 2 is 1.79 bits per heavy atom. The predicted octanol–water partition coefficient (Wildman–Crippen LogP) is 3.22. The summed E-state index contributed by atoms with van der Waals surface area (Å²) in [5.74, 6) is -0.232. The summed E-state index contributed by atoms with van der Waals surface area (Å²) in [6, 6.07) is 6.33. The third-order valence-corrected chi connectivity index (χ3v) is 3.29. The highest BCUT2D eigenvalue weighted by atomic mass is 32.1. The van der Waals surface area contributed by atoms with Crippen LogP contribution in [-0.4, -0.2) is 12.7 Å². The van der Waals surface area contributed by atoms with Gasteiger partial charge >= 0.3 is 0 Å². The Balaban J connectivity index is 2.89. The molecule has 0 heterocycles. The first kappa shape index (κ1) is 11.5. The molecule has 0 aliphatic rings. The normalized spacial score (nSPS) is 14.1. The number of rotatable bonds is 3. The van der Waals surface area contributed by atoms with Crippen molar-refractivity contribution in [3.05, 3.63) is 35.6 Å². The van der Waals surface area contributed by atoms with E-state index in [0.717, 1.165) is 5.56 Å². The number of methoxy groups -OCH3 is 1. The van der Waals surface area contributed by atoms with Crippen molar-refractivity contribution in [1.29, 1.82) is 0 Å². The molecule has 0 aliphatic carbocycles. The van der Waals surface area contributed by atoms with Crippen molar-refractivity contribution in [2.45, 2.75) is 24.7 Å². The zero-order chi connectivity index (χ0) is 10.8. The maximum absolute atomic E-state index is 12.7. The van der Waals surface area contributed by atoms with Crippen molar-refractivity contribution in [1.82, 2.24) is 0 Å². The lowest BCUT2D eigenvalue weighted by Crippen LogP contribution is -2.28. The van der Waals surface area contributed by atoms with Crippen LogP contribution in [0.4, 0.5) is 4.39 Å². The molecule has 0 saturated carbocycles. The first-order chi connectivity index (χ1) is 6.47. The molecule has 1 unspecified atom stereocenters. The van der Waals surface area contributed by atoms with Gasteiger partial charge in [0.05, 0.1) is 10.9 Å². The summed E-state index contributed by atoms with van der Waals surface area (Å²) >= 11 is 4.47. The average molecular weight is 214 g/mol. The number of hydrogen-bond acceptors (Lipinski definition) is 2. The Morgan fingerprint density at radius 1 is 1.29 bits per heavy atom. The summed E-state index contributed by atoms with van der Waals surface area (Å²) in [4.78, 5) is 0. The van der Waals surface area contributed by atoms with E-state index >= 15 is 0 Å². The molecule has 0 aliphatic heterocycles. The molecule has 0 bridgehead atoms. The fourth-order valence-electron chi connectivity index (χ4n) is 1.16. The quantitative estimate of drug-likeness (QED) is 0.760. The van der Waals surface area contributed by atoms with E-state index in [1.807, 2.05) is 13.8 Å². The number of halogens is 1. The topological polar surface area (TPSA) is 9.23 Å².